The van der Waals surface area contributed by atoms with Gasteiger partial charge in [-0.2, -0.15) is 0 Å². The number of aryl methyl sites for hydroxylation is 1. The average Bonchev–Trinajstić information content (AvgIpc) is 3.00. The van der Waals surface area contributed by atoms with E-state index >= 15 is 0 Å². The van der Waals surface area contributed by atoms with Crippen molar-refractivity contribution in [2.45, 2.75) is 31.7 Å². The smallest absolute Gasteiger partial charge is 0.223 e. The van der Waals surface area contributed by atoms with Crippen LogP contribution >= 0.6 is 0 Å². The Hall–Kier alpha value is -1.75. The predicted molar refractivity (Wildman–Crippen MR) is 81.7 cm³/mol. The zero-order valence-corrected chi connectivity index (χ0v) is 12.8. The molecule has 0 aliphatic carbocycles. The third-order valence-corrected chi connectivity index (χ3v) is 4.07. The van der Waals surface area contributed by atoms with Gasteiger partial charge in [-0.05, 0) is 43.0 Å². The minimum Gasteiger partial charge on any atom is -0.497 e. The van der Waals surface area contributed by atoms with Crippen LogP contribution in [0, 0.1) is 0 Å². The number of methoxy groups -OCH3 is 2. The third kappa shape index (κ3) is 3.67. The van der Waals surface area contributed by atoms with Crippen molar-refractivity contribution in [3.8, 4) is 11.5 Å². The summed E-state index contributed by atoms with van der Waals surface area (Å²) in [5, 5.41) is 0. The van der Waals surface area contributed by atoms with Crippen molar-refractivity contribution < 1.29 is 14.3 Å². The molecule has 1 saturated heterocycles. The Balaban J connectivity index is 2.00. The van der Waals surface area contributed by atoms with E-state index < -0.39 is 0 Å². The van der Waals surface area contributed by atoms with Gasteiger partial charge in [-0.3, -0.25) is 4.79 Å². The van der Waals surface area contributed by atoms with E-state index in [2.05, 4.69) is 0 Å². The minimum atomic E-state index is 0.174. The van der Waals surface area contributed by atoms with E-state index in [0.29, 0.717) is 19.4 Å². The van der Waals surface area contributed by atoms with Gasteiger partial charge in [0.15, 0.2) is 0 Å². The van der Waals surface area contributed by atoms with Gasteiger partial charge in [0.25, 0.3) is 0 Å². The number of amides is 1. The molecular formula is C16H24N2O3. The number of likely N-dealkylation sites (tertiary alicyclic amines) is 1. The molecule has 116 valence electrons. The quantitative estimate of drug-likeness (QED) is 0.864. The fourth-order valence-corrected chi connectivity index (χ4v) is 2.87. The molecule has 2 rings (SSSR count). The van der Waals surface area contributed by atoms with E-state index in [1.165, 1.54) is 0 Å². The monoisotopic (exact) mass is 292 g/mol. The van der Waals surface area contributed by atoms with Crippen molar-refractivity contribution in [1.82, 2.24) is 4.90 Å². The van der Waals surface area contributed by atoms with Crippen molar-refractivity contribution in [1.29, 1.82) is 0 Å². The highest BCUT2D eigenvalue weighted by atomic mass is 16.5. The van der Waals surface area contributed by atoms with Crippen molar-refractivity contribution >= 4 is 5.91 Å². The Morgan fingerprint density at radius 2 is 2.19 bits per heavy atom. The van der Waals surface area contributed by atoms with Gasteiger partial charge in [0.2, 0.25) is 5.91 Å². The molecule has 1 aliphatic rings. The second kappa shape index (κ2) is 7.31. The average molecular weight is 292 g/mol. The lowest BCUT2D eigenvalue weighted by atomic mass is 10.1. The Bertz CT molecular complexity index is 490. The molecule has 1 aromatic rings. The molecule has 0 bridgehead atoms. The fourth-order valence-electron chi connectivity index (χ4n) is 2.87. The van der Waals surface area contributed by atoms with Crippen LogP contribution in [0.2, 0.25) is 0 Å². The van der Waals surface area contributed by atoms with Crippen LogP contribution < -0.4 is 15.2 Å². The first-order chi connectivity index (χ1) is 10.2. The number of carbonyl (C=O) groups is 1. The second-order valence-electron chi connectivity index (χ2n) is 5.30. The zero-order chi connectivity index (χ0) is 15.2. The second-order valence-corrected chi connectivity index (χ2v) is 5.30. The molecular weight excluding hydrogens is 268 g/mol. The van der Waals surface area contributed by atoms with Crippen LogP contribution in [0.15, 0.2) is 18.2 Å². The first kappa shape index (κ1) is 15.6. The Kier molecular flexibility index (Phi) is 5.44. The molecule has 1 amide bonds. The Labute approximate surface area is 126 Å². The highest BCUT2D eigenvalue weighted by Gasteiger charge is 2.27. The number of ether oxygens (including phenoxy) is 2. The molecule has 1 fully saturated rings. The summed E-state index contributed by atoms with van der Waals surface area (Å²) in [6, 6.07) is 5.87. The summed E-state index contributed by atoms with van der Waals surface area (Å²) in [6.07, 6.45) is 3.19. The summed E-state index contributed by atoms with van der Waals surface area (Å²) < 4.78 is 10.6. The molecule has 0 saturated carbocycles. The third-order valence-electron chi connectivity index (χ3n) is 4.07. The van der Waals surface area contributed by atoms with Crippen molar-refractivity contribution in [2.24, 2.45) is 5.73 Å². The van der Waals surface area contributed by atoms with E-state index in [4.69, 9.17) is 15.2 Å². The van der Waals surface area contributed by atoms with Crippen molar-refractivity contribution in [2.75, 3.05) is 27.3 Å². The lowest BCUT2D eigenvalue weighted by Gasteiger charge is -2.23. The number of rotatable bonds is 6. The first-order valence-corrected chi connectivity index (χ1v) is 7.40. The standard InChI is InChI=1S/C16H24N2O3/c1-20-14-6-7-15(21-2)12(10-14)5-8-16(19)18-9-3-4-13(18)11-17/h6-7,10,13H,3-5,8-9,11,17H2,1-2H3. The van der Waals surface area contributed by atoms with Crippen molar-refractivity contribution in [3.05, 3.63) is 23.8 Å². The number of nitrogens with zero attached hydrogens (tertiary/aromatic N) is 1. The molecule has 1 atom stereocenters. The number of nitrogens with two attached hydrogens (primary N) is 1. The summed E-state index contributed by atoms with van der Waals surface area (Å²) in [5.41, 5.74) is 6.72. The van der Waals surface area contributed by atoms with Gasteiger partial charge in [0.1, 0.15) is 11.5 Å². The van der Waals surface area contributed by atoms with Crippen LogP contribution in [0.3, 0.4) is 0 Å². The Morgan fingerprint density at radius 3 is 2.86 bits per heavy atom. The molecule has 5 nitrogen and oxygen atoms in total. The van der Waals surface area contributed by atoms with Gasteiger partial charge in [-0.15, -0.1) is 0 Å². The summed E-state index contributed by atoms with van der Waals surface area (Å²) in [5.74, 6) is 1.74. The van der Waals surface area contributed by atoms with Crippen LogP contribution in [0.1, 0.15) is 24.8 Å². The Morgan fingerprint density at radius 1 is 1.38 bits per heavy atom. The largest absolute Gasteiger partial charge is 0.497 e. The summed E-state index contributed by atoms with van der Waals surface area (Å²) in [7, 11) is 3.27. The molecule has 21 heavy (non-hydrogen) atoms. The van der Waals surface area contributed by atoms with Crippen LogP contribution in [-0.4, -0.2) is 44.2 Å². The molecule has 2 N–H and O–H groups in total. The van der Waals surface area contributed by atoms with E-state index in [1.54, 1.807) is 14.2 Å². The number of benzene rings is 1. The lowest BCUT2D eigenvalue weighted by Crippen LogP contribution is -2.40. The van der Waals surface area contributed by atoms with Crippen LogP contribution in [0.4, 0.5) is 0 Å². The minimum absolute atomic E-state index is 0.174. The highest BCUT2D eigenvalue weighted by Crippen LogP contribution is 2.26. The molecule has 5 heteroatoms. The van der Waals surface area contributed by atoms with Gasteiger partial charge < -0.3 is 20.1 Å². The van der Waals surface area contributed by atoms with Gasteiger partial charge in [0.05, 0.1) is 14.2 Å². The van der Waals surface area contributed by atoms with E-state index in [-0.39, 0.29) is 11.9 Å². The van der Waals surface area contributed by atoms with Crippen LogP contribution in [0.5, 0.6) is 11.5 Å². The van der Waals surface area contributed by atoms with Crippen LogP contribution in [-0.2, 0) is 11.2 Å². The van der Waals surface area contributed by atoms with E-state index in [9.17, 15) is 4.79 Å². The normalized spacial score (nSPS) is 17.9. The molecule has 1 aliphatic heterocycles. The lowest BCUT2D eigenvalue weighted by molar-refractivity contribution is -0.131. The molecule has 0 radical (unpaired) electrons. The van der Waals surface area contributed by atoms with E-state index in [1.807, 2.05) is 23.1 Å². The maximum atomic E-state index is 12.3. The fraction of sp³-hybridized carbons (Fsp3) is 0.562. The zero-order valence-electron chi connectivity index (χ0n) is 12.8. The molecule has 1 heterocycles. The summed E-state index contributed by atoms with van der Waals surface area (Å²) in [4.78, 5) is 14.3. The molecule has 0 aromatic heterocycles. The molecule has 0 spiro atoms. The topological polar surface area (TPSA) is 64.8 Å². The molecule has 1 unspecified atom stereocenters. The van der Waals surface area contributed by atoms with E-state index in [0.717, 1.165) is 36.4 Å². The maximum Gasteiger partial charge on any atom is 0.223 e. The van der Waals surface area contributed by atoms with Gasteiger partial charge in [-0.1, -0.05) is 0 Å². The van der Waals surface area contributed by atoms with Crippen molar-refractivity contribution in [3.63, 3.8) is 0 Å². The summed E-state index contributed by atoms with van der Waals surface area (Å²) in [6.45, 7) is 1.38. The number of carbonyl (C=O) groups excluding carboxylic acids is 1. The first-order valence-electron chi connectivity index (χ1n) is 7.40. The maximum absolute atomic E-state index is 12.3. The number of hydrogen-bond acceptors (Lipinski definition) is 4. The van der Waals surface area contributed by atoms with Gasteiger partial charge >= 0.3 is 0 Å². The van der Waals surface area contributed by atoms with Gasteiger partial charge in [-0.25, -0.2) is 0 Å². The number of hydrogen-bond donors (Lipinski definition) is 1. The highest BCUT2D eigenvalue weighted by molar-refractivity contribution is 5.77. The predicted octanol–water partition coefficient (Wildman–Crippen LogP) is 1.59. The summed E-state index contributed by atoms with van der Waals surface area (Å²) >= 11 is 0. The SMILES string of the molecule is COc1ccc(OC)c(CCC(=O)N2CCCC2CN)c1. The van der Waals surface area contributed by atoms with Gasteiger partial charge in [0, 0.05) is 25.6 Å². The van der Waals surface area contributed by atoms with Crippen LogP contribution in [0.25, 0.3) is 0 Å². The molecule has 1 aromatic carbocycles.